The first-order valence-electron chi connectivity index (χ1n) is 11.2. The van der Waals surface area contributed by atoms with E-state index in [1.54, 1.807) is 49.6 Å². The average molecular weight is 481 g/mol. The molecule has 35 heavy (non-hydrogen) atoms. The molecule has 7 nitrogen and oxygen atoms in total. The summed E-state index contributed by atoms with van der Waals surface area (Å²) in [6, 6.07) is 17.4. The quantitative estimate of drug-likeness (QED) is 0.435. The summed E-state index contributed by atoms with van der Waals surface area (Å²) in [5.41, 5.74) is 1.50. The number of halogens is 2. The van der Waals surface area contributed by atoms with E-state index in [9.17, 15) is 19.0 Å². The van der Waals surface area contributed by atoms with Gasteiger partial charge in [-0.05, 0) is 44.5 Å². The molecule has 1 aliphatic heterocycles. The molecule has 5 rings (SSSR count). The molecule has 3 heterocycles. The van der Waals surface area contributed by atoms with Gasteiger partial charge in [-0.15, -0.1) is 0 Å². The number of fused-ring (bicyclic) bond motifs is 3. The van der Waals surface area contributed by atoms with Gasteiger partial charge in [0.1, 0.15) is 28.8 Å². The fraction of sp³-hybridized carbons (Fsp3) is 0.308. The third-order valence-corrected chi connectivity index (χ3v) is 6.11. The smallest absolute Gasteiger partial charge is 0.387 e. The molecule has 9 heteroatoms. The minimum Gasteiger partial charge on any atom is -0.434 e. The summed E-state index contributed by atoms with van der Waals surface area (Å²) in [6.45, 7) is 1.94. The van der Waals surface area contributed by atoms with Crippen LogP contribution in [0.3, 0.4) is 0 Å². The summed E-state index contributed by atoms with van der Waals surface area (Å²) in [4.78, 5) is 4.60. The van der Waals surface area contributed by atoms with Crippen LogP contribution >= 0.6 is 0 Å². The molecule has 2 N–H and O–H groups in total. The molecule has 0 saturated heterocycles. The second-order valence-corrected chi connectivity index (χ2v) is 9.35. The van der Waals surface area contributed by atoms with Crippen molar-refractivity contribution < 1.29 is 28.5 Å². The summed E-state index contributed by atoms with van der Waals surface area (Å²) < 4.78 is 38.5. The molecule has 0 spiro atoms. The van der Waals surface area contributed by atoms with Crippen molar-refractivity contribution in [3.05, 3.63) is 83.2 Å². The van der Waals surface area contributed by atoms with Gasteiger partial charge in [0.25, 0.3) is 0 Å². The zero-order chi connectivity index (χ0) is 25.0. The van der Waals surface area contributed by atoms with E-state index in [2.05, 4.69) is 4.98 Å². The third kappa shape index (κ3) is 4.27. The van der Waals surface area contributed by atoms with Gasteiger partial charge in [0.15, 0.2) is 5.65 Å². The molecule has 2 aromatic carbocycles. The van der Waals surface area contributed by atoms with Crippen molar-refractivity contribution in [3.8, 4) is 17.0 Å². The zero-order valence-corrected chi connectivity index (χ0v) is 19.4. The molecule has 182 valence electrons. The van der Waals surface area contributed by atoms with Crippen LogP contribution in [0.5, 0.6) is 5.75 Å². The van der Waals surface area contributed by atoms with Gasteiger partial charge < -0.3 is 19.7 Å². The van der Waals surface area contributed by atoms with Gasteiger partial charge in [-0.25, -0.2) is 9.50 Å². The highest BCUT2D eigenvalue weighted by molar-refractivity contribution is 5.62. The van der Waals surface area contributed by atoms with Crippen molar-refractivity contribution in [2.45, 2.75) is 44.7 Å². The van der Waals surface area contributed by atoms with Crippen LogP contribution in [0, 0.1) is 0 Å². The lowest BCUT2D eigenvalue weighted by atomic mass is 9.93. The molecule has 0 bridgehead atoms. The summed E-state index contributed by atoms with van der Waals surface area (Å²) in [5, 5.41) is 26.0. The molecule has 0 saturated carbocycles. The second kappa shape index (κ2) is 8.37. The Balaban J connectivity index is 1.66. The summed E-state index contributed by atoms with van der Waals surface area (Å²) in [5.74, 6) is -0.0201. The number of imidazole rings is 1. The molecule has 0 radical (unpaired) electrons. The van der Waals surface area contributed by atoms with E-state index in [1.165, 1.54) is 6.07 Å². The Labute approximate surface area is 200 Å². The molecule has 2 unspecified atom stereocenters. The Hall–Kier alpha value is -3.40. The molecule has 0 aliphatic carbocycles. The predicted octanol–water partition coefficient (Wildman–Crippen LogP) is 4.55. The largest absolute Gasteiger partial charge is 0.434 e. The zero-order valence-electron chi connectivity index (χ0n) is 19.4. The van der Waals surface area contributed by atoms with Crippen molar-refractivity contribution >= 4 is 5.65 Å². The topological polar surface area (TPSA) is 89.1 Å². The van der Waals surface area contributed by atoms with E-state index < -0.39 is 23.9 Å². The first kappa shape index (κ1) is 23.3. The average Bonchev–Trinajstić information content (AvgIpc) is 3.19. The van der Waals surface area contributed by atoms with Crippen molar-refractivity contribution in [2.24, 2.45) is 0 Å². The molecular weight excluding hydrogens is 456 g/mol. The van der Waals surface area contributed by atoms with Crippen molar-refractivity contribution in [1.29, 1.82) is 0 Å². The van der Waals surface area contributed by atoms with Gasteiger partial charge >= 0.3 is 6.61 Å². The fourth-order valence-corrected chi connectivity index (χ4v) is 4.32. The van der Waals surface area contributed by atoms with Gasteiger partial charge in [0.05, 0.1) is 17.9 Å². The van der Waals surface area contributed by atoms with Crippen LogP contribution in [0.2, 0.25) is 0 Å². The Kier molecular flexibility index (Phi) is 5.58. The number of para-hydroxylation sites is 1. The number of nitrogens with zero attached hydrogens (tertiary/aromatic N) is 3. The molecular formula is C26H25F2N3O4. The summed E-state index contributed by atoms with van der Waals surface area (Å²) in [6.07, 6.45) is -0.838. The minimum atomic E-state index is -3.00. The third-order valence-electron chi connectivity index (χ3n) is 6.11. The van der Waals surface area contributed by atoms with E-state index in [1.807, 2.05) is 30.3 Å². The van der Waals surface area contributed by atoms with Crippen LogP contribution in [0.1, 0.15) is 49.4 Å². The second-order valence-electron chi connectivity index (χ2n) is 9.35. The lowest BCUT2D eigenvalue weighted by molar-refractivity contribution is -0.0836. The lowest BCUT2D eigenvalue weighted by Crippen LogP contribution is -2.36. The summed E-state index contributed by atoms with van der Waals surface area (Å²) >= 11 is 0. The Morgan fingerprint density at radius 3 is 2.51 bits per heavy atom. The lowest BCUT2D eigenvalue weighted by Gasteiger charge is -2.33. The molecule has 0 amide bonds. The number of benzene rings is 2. The molecule has 0 fully saturated rings. The SMILES string of the molecule is CC(C)(O)c1ccc(-c2ccc3nc4c(n3n2)C(c2ccccc2OC(F)F)OCC4(C)O)cc1. The highest BCUT2D eigenvalue weighted by atomic mass is 19.3. The van der Waals surface area contributed by atoms with Crippen LogP contribution in [-0.2, 0) is 15.9 Å². The maximum absolute atomic E-state index is 13.1. The molecule has 2 aromatic heterocycles. The molecule has 4 aromatic rings. The number of hydrogen-bond donors (Lipinski definition) is 2. The van der Waals surface area contributed by atoms with Crippen molar-refractivity contribution in [3.63, 3.8) is 0 Å². The van der Waals surface area contributed by atoms with E-state index >= 15 is 0 Å². The van der Waals surface area contributed by atoms with Crippen LogP contribution in [0.15, 0.2) is 60.7 Å². The maximum Gasteiger partial charge on any atom is 0.387 e. The molecule has 2 atom stereocenters. The number of aromatic nitrogens is 3. The number of rotatable bonds is 5. The standard InChI is InChI=1S/C26H25F2N3O4/c1-25(2,32)16-10-8-15(9-11-16)18-12-13-20-29-23-21(31(20)30-18)22(34-14-26(23,3)33)17-6-4-5-7-19(17)35-24(27)28/h4-13,22,24,32-33H,14H2,1-3H3. The Morgan fingerprint density at radius 2 is 1.83 bits per heavy atom. The van der Waals surface area contributed by atoms with Crippen LogP contribution in [-0.4, -0.2) is 38.0 Å². The fourth-order valence-electron chi connectivity index (χ4n) is 4.32. The highest BCUT2D eigenvalue weighted by Crippen LogP contribution is 2.42. The first-order valence-corrected chi connectivity index (χ1v) is 11.2. The normalized spacial score (nSPS) is 20.3. The maximum atomic E-state index is 13.1. The van der Waals surface area contributed by atoms with Crippen molar-refractivity contribution in [2.75, 3.05) is 6.61 Å². The number of aliphatic hydroxyl groups is 2. The Bertz CT molecular complexity index is 1380. The van der Waals surface area contributed by atoms with Crippen LogP contribution in [0.4, 0.5) is 8.78 Å². The van der Waals surface area contributed by atoms with Gasteiger partial charge in [0, 0.05) is 11.1 Å². The van der Waals surface area contributed by atoms with E-state index in [0.717, 1.165) is 11.1 Å². The van der Waals surface area contributed by atoms with E-state index in [-0.39, 0.29) is 12.4 Å². The number of ether oxygens (including phenoxy) is 2. The highest BCUT2D eigenvalue weighted by Gasteiger charge is 2.42. The van der Waals surface area contributed by atoms with Gasteiger partial charge in [-0.2, -0.15) is 13.9 Å². The van der Waals surface area contributed by atoms with Gasteiger partial charge in [-0.1, -0.05) is 42.5 Å². The predicted molar refractivity (Wildman–Crippen MR) is 124 cm³/mol. The Morgan fingerprint density at radius 1 is 1.11 bits per heavy atom. The monoisotopic (exact) mass is 481 g/mol. The van der Waals surface area contributed by atoms with Gasteiger partial charge in [0.2, 0.25) is 0 Å². The minimum absolute atomic E-state index is 0.0201. The number of hydrogen-bond acceptors (Lipinski definition) is 6. The van der Waals surface area contributed by atoms with Crippen LogP contribution in [0.25, 0.3) is 16.9 Å². The number of alkyl halides is 2. The van der Waals surface area contributed by atoms with E-state index in [0.29, 0.717) is 28.3 Å². The van der Waals surface area contributed by atoms with Crippen LogP contribution < -0.4 is 4.74 Å². The van der Waals surface area contributed by atoms with E-state index in [4.69, 9.17) is 14.6 Å². The summed E-state index contributed by atoms with van der Waals surface area (Å²) in [7, 11) is 0. The van der Waals surface area contributed by atoms with Crippen molar-refractivity contribution in [1.82, 2.24) is 14.6 Å². The molecule has 1 aliphatic rings. The first-order chi connectivity index (χ1) is 16.5. The van der Waals surface area contributed by atoms with Gasteiger partial charge in [-0.3, -0.25) is 0 Å².